The van der Waals surface area contributed by atoms with E-state index < -0.39 is 12.0 Å². The minimum atomic E-state index is -1.19. The molecule has 114 valence electrons. The number of urea groups is 1. The van der Waals surface area contributed by atoms with E-state index in [-0.39, 0.29) is 29.5 Å². The number of hydrogen-bond acceptors (Lipinski definition) is 4. The number of phenols is 1. The van der Waals surface area contributed by atoms with Crippen LogP contribution in [-0.2, 0) is 4.79 Å². The molecule has 0 saturated carbocycles. The van der Waals surface area contributed by atoms with Crippen LogP contribution in [0, 0.1) is 0 Å². The fourth-order valence-electron chi connectivity index (χ4n) is 1.40. The zero-order valence-electron chi connectivity index (χ0n) is 11.7. The van der Waals surface area contributed by atoms with Crippen LogP contribution in [0.2, 0.25) is 0 Å². The zero-order valence-corrected chi connectivity index (χ0v) is 11.7. The number of likely N-dealkylation sites (N-methyl/N-ethyl adjacent to an activating group) is 1. The predicted octanol–water partition coefficient (Wildman–Crippen LogP) is 0.690. The highest BCUT2D eigenvalue weighted by molar-refractivity contribution is 5.95. The molecule has 4 N–H and O–H groups in total. The SMILES string of the molecule is CCN(C)C(=O)CNC(=O)Nc1ccc(C(=O)O)cc1O. The second kappa shape index (κ2) is 7.13. The van der Waals surface area contributed by atoms with Crippen molar-refractivity contribution in [2.75, 3.05) is 25.5 Å². The fourth-order valence-corrected chi connectivity index (χ4v) is 1.40. The zero-order chi connectivity index (χ0) is 16.0. The molecule has 1 rings (SSSR count). The van der Waals surface area contributed by atoms with Crippen molar-refractivity contribution in [2.45, 2.75) is 6.92 Å². The molecule has 0 spiro atoms. The molecule has 0 aliphatic rings. The summed E-state index contributed by atoms with van der Waals surface area (Å²) < 4.78 is 0. The summed E-state index contributed by atoms with van der Waals surface area (Å²) in [5, 5.41) is 23.0. The van der Waals surface area contributed by atoms with Crippen LogP contribution in [0.1, 0.15) is 17.3 Å². The van der Waals surface area contributed by atoms with E-state index in [1.54, 1.807) is 14.0 Å². The van der Waals surface area contributed by atoms with Crippen LogP contribution in [0.4, 0.5) is 10.5 Å². The van der Waals surface area contributed by atoms with Gasteiger partial charge in [0.15, 0.2) is 0 Å². The summed E-state index contributed by atoms with van der Waals surface area (Å²) >= 11 is 0. The van der Waals surface area contributed by atoms with Gasteiger partial charge >= 0.3 is 12.0 Å². The average Bonchev–Trinajstić information content (AvgIpc) is 2.45. The molecule has 21 heavy (non-hydrogen) atoms. The summed E-state index contributed by atoms with van der Waals surface area (Å²) in [6.45, 7) is 2.16. The van der Waals surface area contributed by atoms with Crippen molar-refractivity contribution in [2.24, 2.45) is 0 Å². The van der Waals surface area contributed by atoms with Crippen LogP contribution in [0.5, 0.6) is 5.75 Å². The number of aromatic hydroxyl groups is 1. The van der Waals surface area contributed by atoms with Crippen molar-refractivity contribution in [3.63, 3.8) is 0 Å². The van der Waals surface area contributed by atoms with E-state index in [0.29, 0.717) is 6.54 Å². The summed E-state index contributed by atoms with van der Waals surface area (Å²) in [6.07, 6.45) is 0. The molecule has 0 aromatic heterocycles. The summed E-state index contributed by atoms with van der Waals surface area (Å²) in [6, 6.07) is 2.85. The molecular weight excluding hydrogens is 278 g/mol. The average molecular weight is 295 g/mol. The van der Waals surface area contributed by atoms with Crippen molar-refractivity contribution >= 4 is 23.6 Å². The lowest BCUT2D eigenvalue weighted by Gasteiger charge is -2.15. The molecule has 1 aromatic rings. The number of carboxylic acids is 1. The van der Waals surface area contributed by atoms with Gasteiger partial charge in [-0.15, -0.1) is 0 Å². The molecule has 0 aliphatic heterocycles. The van der Waals surface area contributed by atoms with Gasteiger partial charge in [0.2, 0.25) is 5.91 Å². The molecule has 0 atom stereocenters. The number of carbonyl (C=O) groups excluding carboxylic acids is 2. The molecule has 3 amide bonds. The van der Waals surface area contributed by atoms with Gasteiger partial charge in [0.1, 0.15) is 5.75 Å². The maximum Gasteiger partial charge on any atom is 0.335 e. The number of phenolic OH excluding ortho intramolecular Hbond substituents is 1. The van der Waals surface area contributed by atoms with E-state index in [1.165, 1.54) is 17.0 Å². The summed E-state index contributed by atoms with van der Waals surface area (Å²) in [5.41, 5.74) is -0.0491. The largest absolute Gasteiger partial charge is 0.506 e. The van der Waals surface area contributed by atoms with Crippen molar-refractivity contribution in [1.29, 1.82) is 0 Å². The normalized spacial score (nSPS) is 9.81. The Kier molecular flexibility index (Phi) is 5.53. The highest BCUT2D eigenvalue weighted by Gasteiger charge is 2.12. The number of nitrogens with zero attached hydrogens (tertiary/aromatic N) is 1. The van der Waals surface area contributed by atoms with E-state index in [2.05, 4.69) is 10.6 Å². The van der Waals surface area contributed by atoms with Gasteiger partial charge < -0.3 is 25.7 Å². The highest BCUT2D eigenvalue weighted by Crippen LogP contribution is 2.24. The standard InChI is InChI=1S/C13H17N3O5/c1-3-16(2)11(18)7-14-13(21)15-9-5-4-8(12(19)20)6-10(9)17/h4-6,17H,3,7H2,1-2H3,(H,19,20)(H2,14,15,21). The Balaban J connectivity index is 2.59. The highest BCUT2D eigenvalue weighted by atomic mass is 16.4. The number of carboxylic acid groups (broad SMARTS) is 1. The Morgan fingerprint density at radius 2 is 1.95 bits per heavy atom. The Morgan fingerprint density at radius 3 is 2.48 bits per heavy atom. The van der Waals surface area contributed by atoms with Crippen LogP contribution >= 0.6 is 0 Å². The van der Waals surface area contributed by atoms with Crippen LogP contribution in [0.15, 0.2) is 18.2 Å². The van der Waals surface area contributed by atoms with Gasteiger partial charge in [0.05, 0.1) is 17.8 Å². The van der Waals surface area contributed by atoms with E-state index in [4.69, 9.17) is 5.11 Å². The fraction of sp³-hybridized carbons (Fsp3) is 0.308. The lowest BCUT2D eigenvalue weighted by atomic mass is 10.2. The van der Waals surface area contributed by atoms with Crippen molar-refractivity contribution < 1.29 is 24.6 Å². The molecule has 0 fully saturated rings. The van der Waals surface area contributed by atoms with Gasteiger partial charge in [-0.1, -0.05) is 0 Å². The van der Waals surface area contributed by atoms with Crippen LogP contribution in [0.3, 0.4) is 0 Å². The molecule has 8 heteroatoms. The predicted molar refractivity (Wildman–Crippen MR) is 75.4 cm³/mol. The number of nitrogens with one attached hydrogen (secondary N) is 2. The monoisotopic (exact) mass is 295 g/mol. The summed E-state index contributed by atoms with van der Waals surface area (Å²) in [5.74, 6) is -1.81. The third kappa shape index (κ3) is 4.68. The first-order chi connectivity index (χ1) is 9.85. The quantitative estimate of drug-likeness (QED) is 0.596. The number of benzene rings is 1. The van der Waals surface area contributed by atoms with Gasteiger partial charge in [-0.3, -0.25) is 4.79 Å². The van der Waals surface area contributed by atoms with Crippen molar-refractivity contribution in [1.82, 2.24) is 10.2 Å². The van der Waals surface area contributed by atoms with Gasteiger partial charge in [-0.05, 0) is 25.1 Å². The van der Waals surface area contributed by atoms with E-state index in [0.717, 1.165) is 6.07 Å². The first kappa shape index (κ1) is 16.3. The second-order valence-electron chi connectivity index (χ2n) is 4.25. The topological polar surface area (TPSA) is 119 Å². The number of hydrogen-bond donors (Lipinski definition) is 4. The number of aromatic carboxylic acids is 1. The molecule has 0 unspecified atom stereocenters. The molecule has 0 aliphatic carbocycles. The maximum absolute atomic E-state index is 11.6. The molecule has 8 nitrogen and oxygen atoms in total. The maximum atomic E-state index is 11.6. The van der Waals surface area contributed by atoms with Gasteiger partial charge in [0, 0.05) is 13.6 Å². The lowest BCUT2D eigenvalue weighted by molar-refractivity contribution is -0.128. The smallest absolute Gasteiger partial charge is 0.335 e. The van der Waals surface area contributed by atoms with E-state index in [1.807, 2.05) is 0 Å². The van der Waals surface area contributed by atoms with Crippen LogP contribution < -0.4 is 10.6 Å². The Labute approximate surface area is 121 Å². The third-order valence-corrected chi connectivity index (χ3v) is 2.79. The molecule has 0 radical (unpaired) electrons. The van der Waals surface area contributed by atoms with E-state index in [9.17, 15) is 19.5 Å². The van der Waals surface area contributed by atoms with Crippen LogP contribution in [-0.4, -0.2) is 53.2 Å². The number of rotatable bonds is 5. The molecule has 0 heterocycles. The second-order valence-corrected chi connectivity index (χ2v) is 4.25. The first-order valence-electron chi connectivity index (χ1n) is 6.20. The third-order valence-electron chi connectivity index (χ3n) is 2.79. The van der Waals surface area contributed by atoms with Crippen molar-refractivity contribution in [3.8, 4) is 5.75 Å². The molecule has 0 saturated heterocycles. The minimum absolute atomic E-state index is 0.0498. The molecule has 1 aromatic carbocycles. The minimum Gasteiger partial charge on any atom is -0.506 e. The van der Waals surface area contributed by atoms with E-state index >= 15 is 0 Å². The Morgan fingerprint density at radius 1 is 1.29 bits per heavy atom. The van der Waals surface area contributed by atoms with Crippen molar-refractivity contribution in [3.05, 3.63) is 23.8 Å². The Hall–Kier alpha value is -2.77. The number of carbonyl (C=O) groups is 3. The number of anilines is 1. The number of amides is 3. The van der Waals surface area contributed by atoms with Gasteiger partial charge in [-0.2, -0.15) is 0 Å². The van der Waals surface area contributed by atoms with Gasteiger partial charge in [-0.25, -0.2) is 9.59 Å². The molecule has 0 bridgehead atoms. The van der Waals surface area contributed by atoms with Crippen LogP contribution in [0.25, 0.3) is 0 Å². The Bertz CT molecular complexity index is 559. The van der Waals surface area contributed by atoms with Gasteiger partial charge in [0.25, 0.3) is 0 Å². The summed E-state index contributed by atoms with van der Waals surface area (Å²) in [4.78, 5) is 35.2. The molecular formula is C13H17N3O5. The summed E-state index contributed by atoms with van der Waals surface area (Å²) in [7, 11) is 1.61. The first-order valence-corrected chi connectivity index (χ1v) is 6.20. The lowest BCUT2D eigenvalue weighted by Crippen LogP contribution is -2.39.